The Morgan fingerprint density at radius 3 is 1.61 bits per heavy atom. The van der Waals surface area contributed by atoms with E-state index in [2.05, 4.69) is 42.7 Å². The Morgan fingerprint density at radius 1 is 0.612 bits per heavy atom. The maximum atomic E-state index is 12.5. The molecule has 3 N–H and O–H groups in total. The van der Waals surface area contributed by atoms with Crippen LogP contribution in [0.25, 0.3) is 0 Å². The third kappa shape index (κ3) is 34.7. The highest BCUT2D eigenvalue weighted by molar-refractivity contribution is 7.47. The van der Waals surface area contributed by atoms with Gasteiger partial charge in [-0.15, -0.1) is 0 Å². The van der Waals surface area contributed by atoms with E-state index >= 15 is 0 Å². The minimum absolute atomic E-state index is 0.177. The maximum Gasteiger partial charge on any atom is 0.472 e. The number of phosphoric acid groups is 1. The maximum absolute atomic E-state index is 12.5. The van der Waals surface area contributed by atoms with Gasteiger partial charge in [-0.1, -0.05) is 134 Å². The van der Waals surface area contributed by atoms with Crippen molar-refractivity contribution in [1.29, 1.82) is 0 Å². The Bertz CT molecular complexity index is 879. The van der Waals surface area contributed by atoms with Crippen molar-refractivity contribution in [2.75, 3.05) is 26.4 Å². The molecule has 49 heavy (non-hydrogen) atoms. The fourth-order valence-electron chi connectivity index (χ4n) is 5.08. The van der Waals surface area contributed by atoms with Gasteiger partial charge < -0.3 is 24.6 Å². The molecule has 1 unspecified atom stereocenters. The van der Waals surface area contributed by atoms with Crippen molar-refractivity contribution in [3.63, 3.8) is 0 Å². The van der Waals surface area contributed by atoms with Gasteiger partial charge in [-0.2, -0.15) is 0 Å². The molecule has 0 aliphatic carbocycles. The van der Waals surface area contributed by atoms with Gasteiger partial charge in [-0.25, -0.2) is 4.57 Å². The number of ether oxygens (including phenoxy) is 2. The van der Waals surface area contributed by atoms with Crippen molar-refractivity contribution in [3.8, 4) is 0 Å². The van der Waals surface area contributed by atoms with Crippen molar-refractivity contribution in [3.05, 3.63) is 24.3 Å². The lowest BCUT2D eigenvalue weighted by Crippen LogP contribution is -2.29. The average Bonchev–Trinajstić information content (AvgIpc) is 3.09. The molecule has 0 heterocycles. The van der Waals surface area contributed by atoms with Crippen LogP contribution in [0.5, 0.6) is 0 Å². The Labute approximate surface area is 298 Å². The SMILES string of the molecule is CCCCC/C=C/C/C=C/CCCCCCCCCC(=O)O[C@H](COC(=O)CCCCCCCCCCC)COP(=O)(O)OC[C@@H](O)CO. The Balaban J connectivity index is 4.33. The molecule has 0 bridgehead atoms. The number of hydrogen-bond acceptors (Lipinski definition) is 9. The third-order valence-electron chi connectivity index (χ3n) is 8.11. The van der Waals surface area contributed by atoms with Crippen LogP contribution < -0.4 is 0 Å². The predicted octanol–water partition coefficient (Wildman–Crippen LogP) is 9.44. The molecule has 0 rings (SSSR count). The fraction of sp³-hybridized carbons (Fsp3) is 0.842. The quantitative estimate of drug-likeness (QED) is 0.0248. The van der Waals surface area contributed by atoms with Gasteiger partial charge in [-0.3, -0.25) is 18.6 Å². The van der Waals surface area contributed by atoms with E-state index in [1.165, 1.54) is 70.6 Å². The molecule has 0 saturated carbocycles. The number of aliphatic hydroxyl groups excluding tert-OH is 2. The van der Waals surface area contributed by atoms with Crippen molar-refractivity contribution in [1.82, 2.24) is 0 Å². The number of unbranched alkanes of at least 4 members (excludes halogenated alkanes) is 18. The highest BCUT2D eigenvalue weighted by atomic mass is 31.2. The topological polar surface area (TPSA) is 149 Å². The van der Waals surface area contributed by atoms with E-state index in [4.69, 9.17) is 19.1 Å². The van der Waals surface area contributed by atoms with Gasteiger partial charge in [0.15, 0.2) is 6.10 Å². The smallest absolute Gasteiger partial charge is 0.462 e. The molecule has 0 radical (unpaired) electrons. The van der Waals surface area contributed by atoms with Crippen LogP contribution in [0.1, 0.15) is 168 Å². The first-order valence-electron chi connectivity index (χ1n) is 19.3. The van der Waals surface area contributed by atoms with Crippen LogP contribution in [0.3, 0.4) is 0 Å². The molecule has 0 amide bonds. The highest BCUT2D eigenvalue weighted by Crippen LogP contribution is 2.43. The van der Waals surface area contributed by atoms with Crippen LogP contribution in [-0.2, 0) is 32.7 Å². The summed E-state index contributed by atoms with van der Waals surface area (Å²) in [5, 5.41) is 18.3. The normalized spacial score (nSPS) is 14.3. The van der Waals surface area contributed by atoms with Crippen LogP contribution in [0, 0.1) is 0 Å². The molecule has 3 atom stereocenters. The third-order valence-corrected chi connectivity index (χ3v) is 9.06. The number of hydrogen-bond donors (Lipinski definition) is 3. The van der Waals surface area contributed by atoms with E-state index in [9.17, 15) is 24.2 Å². The van der Waals surface area contributed by atoms with E-state index < -0.39 is 51.8 Å². The standard InChI is InChI=1S/C38H71O10P/c1-3-5-7-9-11-13-14-15-16-17-18-19-20-22-24-26-28-30-38(42)48-36(34-47-49(43,44)46-32-35(40)31-39)33-45-37(41)29-27-25-23-21-12-10-8-6-4-2/h11,13,15-16,35-36,39-40H,3-10,12,14,17-34H2,1-2H3,(H,43,44)/b13-11+,16-15+/t35-,36+/m0/s1. The second kappa shape index (κ2) is 34.9. The van der Waals surface area contributed by atoms with E-state index in [-0.39, 0.29) is 19.4 Å². The van der Waals surface area contributed by atoms with Gasteiger partial charge in [-0.05, 0) is 44.9 Å². The van der Waals surface area contributed by atoms with Gasteiger partial charge in [0, 0.05) is 12.8 Å². The molecule has 0 aliphatic rings. The molecular weight excluding hydrogens is 647 g/mol. The van der Waals surface area contributed by atoms with Gasteiger partial charge in [0.1, 0.15) is 12.7 Å². The van der Waals surface area contributed by atoms with E-state index in [1.54, 1.807) is 0 Å². The summed E-state index contributed by atoms with van der Waals surface area (Å²) in [7, 11) is -4.61. The first kappa shape index (κ1) is 47.4. The lowest BCUT2D eigenvalue weighted by Gasteiger charge is -2.20. The van der Waals surface area contributed by atoms with Crippen LogP contribution in [-0.4, -0.2) is 65.7 Å². The van der Waals surface area contributed by atoms with E-state index in [1.807, 2.05) is 0 Å². The molecular formula is C38H71O10P. The van der Waals surface area contributed by atoms with E-state index in [0.717, 1.165) is 57.8 Å². The molecule has 0 aromatic heterocycles. The number of rotatable bonds is 36. The zero-order chi connectivity index (χ0) is 36.3. The van der Waals surface area contributed by atoms with Crippen molar-refractivity contribution < 1.29 is 47.8 Å². The summed E-state index contributed by atoms with van der Waals surface area (Å²) >= 11 is 0. The highest BCUT2D eigenvalue weighted by Gasteiger charge is 2.27. The van der Waals surface area contributed by atoms with Gasteiger partial charge in [0.05, 0.1) is 19.8 Å². The van der Waals surface area contributed by atoms with Gasteiger partial charge in [0.25, 0.3) is 0 Å². The Hall–Kier alpha value is -1.55. The largest absolute Gasteiger partial charge is 0.472 e. The summed E-state index contributed by atoms with van der Waals surface area (Å²) < 4.78 is 32.5. The summed E-state index contributed by atoms with van der Waals surface area (Å²) in [6.45, 7) is 2.31. The van der Waals surface area contributed by atoms with Crippen LogP contribution in [0.2, 0.25) is 0 Å². The molecule has 0 saturated heterocycles. The summed E-state index contributed by atoms with van der Waals surface area (Å²) in [4.78, 5) is 34.7. The molecule has 0 fully saturated rings. The Kier molecular flexibility index (Phi) is 33.8. The second-order valence-corrected chi connectivity index (χ2v) is 14.4. The predicted molar refractivity (Wildman–Crippen MR) is 196 cm³/mol. The zero-order valence-electron chi connectivity index (χ0n) is 30.9. The van der Waals surface area contributed by atoms with Crippen LogP contribution >= 0.6 is 7.82 Å². The van der Waals surface area contributed by atoms with Crippen LogP contribution in [0.4, 0.5) is 0 Å². The number of aliphatic hydroxyl groups is 2. The lowest BCUT2D eigenvalue weighted by molar-refractivity contribution is -0.161. The molecule has 0 aliphatic heterocycles. The minimum Gasteiger partial charge on any atom is -0.462 e. The summed E-state index contributed by atoms with van der Waals surface area (Å²) in [6.07, 6.45) is 31.5. The number of esters is 2. The Morgan fingerprint density at radius 2 is 1.06 bits per heavy atom. The van der Waals surface area contributed by atoms with Crippen molar-refractivity contribution >= 4 is 19.8 Å². The number of carbonyl (C=O) groups is 2. The average molecular weight is 719 g/mol. The van der Waals surface area contributed by atoms with Crippen molar-refractivity contribution in [2.24, 2.45) is 0 Å². The molecule has 10 nitrogen and oxygen atoms in total. The lowest BCUT2D eigenvalue weighted by atomic mass is 10.1. The minimum atomic E-state index is -4.61. The van der Waals surface area contributed by atoms with Gasteiger partial charge in [0.2, 0.25) is 0 Å². The molecule has 288 valence electrons. The molecule has 0 spiro atoms. The molecule has 0 aromatic carbocycles. The van der Waals surface area contributed by atoms with E-state index in [0.29, 0.717) is 12.8 Å². The zero-order valence-corrected chi connectivity index (χ0v) is 31.8. The first-order valence-corrected chi connectivity index (χ1v) is 20.8. The summed E-state index contributed by atoms with van der Waals surface area (Å²) in [5.74, 6) is -0.935. The summed E-state index contributed by atoms with van der Waals surface area (Å²) in [6, 6.07) is 0. The first-order chi connectivity index (χ1) is 23.7. The summed E-state index contributed by atoms with van der Waals surface area (Å²) in [5.41, 5.74) is 0. The number of allylic oxidation sites excluding steroid dienone is 4. The fourth-order valence-corrected chi connectivity index (χ4v) is 5.87. The molecule has 0 aromatic rings. The number of phosphoric ester groups is 1. The monoisotopic (exact) mass is 718 g/mol. The van der Waals surface area contributed by atoms with Gasteiger partial charge >= 0.3 is 19.8 Å². The number of carbonyl (C=O) groups excluding carboxylic acids is 2. The molecule has 11 heteroatoms. The van der Waals surface area contributed by atoms with Crippen LogP contribution in [0.15, 0.2) is 24.3 Å². The second-order valence-electron chi connectivity index (χ2n) is 13.0. The van der Waals surface area contributed by atoms with Crippen molar-refractivity contribution in [2.45, 2.75) is 180 Å².